The lowest BCUT2D eigenvalue weighted by molar-refractivity contribution is -0.118. The maximum Gasteiger partial charge on any atom is 0.265 e. The predicted molar refractivity (Wildman–Crippen MR) is 173 cm³/mol. The van der Waals surface area contributed by atoms with Crippen molar-refractivity contribution >= 4 is 44.3 Å². The van der Waals surface area contributed by atoms with Gasteiger partial charge in [-0.2, -0.15) is 0 Å². The van der Waals surface area contributed by atoms with Gasteiger partial charge in [0, 0.05) is 41.2 Å². The highest BCUT2D eigenvalue weighted by molar-refractivity contribution is 7.90. The molecule has 0 unspecified atom stereocenters. The topological polar surface area (TPSA) is 150 Å². The minimum atomic E-state index is -4.08. The van der Waals surface area contributed by atoms with Crippen molar-refractivity contribution in [1.29, 1.82) is 0 Å². The number of hydrogen-bond acceptors (Lipinski definition) is 6. The van der Waals surface area contributed by atoms with Gasteiger partial charge in [-0.05, 0) is 73.6 Å². The summed E-state index contributed by atoms with van der Waals surface area (Å²) in [5.41, 5.74) is 9.29. The Hall–Kier alpha value is -4.64. The molecule has 1 aliphatic rings. The second kappa shape index (κ2) is 13.6. The number of sulfonamides is 1. The minimum absolute atomic E-state index is 0.00622. The van der Waals surface area contributed by atoms with Gasteiger partial charge in [-0.1, -0.05) is 43.2 Å². The number of aromatic nitrogens is 1. The number of primary amides is 1. The second-order valence-corrected chi connectivity index (χ2v) is 13.3. The first-order chi connectivity index (χ1) is 21.5. The molecule has 0 aliphatic heterocycles. The average Bonchev–Trinajstić information content (AvgIpc) is 3.63. The van der Waals surface area contributed by atoms with Crippen LogP contribution in [0.25, 0.3) is 10.9 Å². The van der Waals surface area contributed by atoms with Crippen LogP contribution < -0.4 is 20.5 Å². The fraction of sp³-hybridized carbons (Fsp3) is 0.324. The molecule has 1 saturated carbocycles. The van der Waals surface area contributed by atoms with Crippen LogP contribution in [0.3, 0.4) is 0 Å². The zero-order valence-corrected chi connectivity index (χ0v) is 26.3. The Morgan fingerprint density at radius 1 is 1.00 bits per heavy atom. The zero-order chi connectivity index (χ0) is 32.1. The lowest BCUT2D eigenvalue weighted by Crippen LogP contribution is -2.31. The maximum absolute atomic E-state index is 13.0. The van der Waals surface area contributed by atoms with Crippen LogP contribution in [-0.2, 0) is 32.6 Å². The summed E-state index contributed by atoms with van der Waals surface area (Å²) in [6.07, 6.45) is 7.63. The third kappa shape index (κ3) is 7.54. The van der Waals surface area contributed by atoms with Crippen molar-refractivity contribution in [2.75, 3.05) is 12.4 Å². The minimum Gasteiger partial charge on any atom is -0.496 e. The van der Waals surface area contributed by atoms with Gasteiger partial charge in [-0.25, -0.2) is 13.1 Å². The van der Waals surface area contributed by atoms with E-state index in [1.165, 1.54) is 32.1 Å². The molecule has 1 aromatic heterocycles. The van der Waals surface area contributed by atoms with Crippen LogP contribution in [0.4, 0.5) is 5.69 Å². The van der Waals surface area contributed by atoms with Crippen LogP contribution >= 0.6 is 0 Å². The Bertz CT molecular complexity index is 1860. The van der Waals surface area contributed by atoms with Crippen molar-refractivity contribution < 1.29 is 27.5 Å². The van der Waals surface area contributed by atoms with Crippen LogP contribution in [-0.4, -0.2) is 37.8 Å². The summed E-state index contributed by atoms with van der Waals surface area (Å²) in [5, 5.41) is 3.98. The number of ether oxygens (including phenoxy) is 1. The first-order valence-electron chi connectivity index (χ1n) is 15.0. The van der Waals surface area contributed by atoms with E-state index in [2.05, 4.69) is 10.0 Å². The van der Waals surface area contributed by atoms with Gasteiger partial charge < -0.3 is 20.4 Å². The van der Waals surface area contributed by atoms with Crippen LogP contribution in [0.2, 0.25) is 0 Å². The predicted octanol–water partition coefficient (Wildman–Crippen LogP) is 5.06. The third-order valence-electron chi connectivity index (χ3n) is 8.34. The Balaban J connectivity index is 1.40. The number of nitrogens with two attached hydrogens (primary N) is 1. The van der Waals surface area contributed by atoms with Gasteiger partial charge in [0.15, 0.2) is 0 Å². The van der Waals surface area contributed by atoms with E-state index in [9.17, 15) is 22.8 Å². The number of carbonyl (C=O) groups is 3. The van der Waals surface area contributed by atoms with Crippen molar-refractivity contribution in [3.63, 3.8) is 0 Å². The quantitative estimate of drug-likeness (QED) is 0.199. The maximum atomic E-state index is 13.0. The number of aryl methyl sites for hydroxylation is 2. The van der Waals surface area contributed by atoms with Crippen LogP contribution in [0.5, 0.6) is 5.75 Å². The molecule has 1 aliphatic carbocycles. The molecule has 11 heteroatoms. The molecule has 3 amide bonds. The molecule has 0 radical (unpaired) electrons. The molecule has 4 N–H and O–H groups in total. The van der Waals surface area contributed by atoms with Gasteiger partial charge in [-0.3, -0.25) is 14.4 Å². The van der Waals surface area contributed by atoms with E-state index in [1.54, 1.807) is 37.3 Å². The van der Waals surface area contributed by atoms with Gasteiger partial charge in [-0.15, -0.1) is 0 Å². The van der Waals surface area contributed by atoms with E-state index in [0.29, 0.717) is 42.3 Å². The highest BCUT2D eigenvalue weighted by Crippen LogP contribution is 2.31. The molecule has 236 valence electrons. The van der Waals surface area contributed by atoms with Crippen LogP contribution in [0, 0.1) is 12.8 Å². The summed E-state index contributed by atoms with van der Waals surface area (Å²) in [7, 11) is -2.60. The summed E-state index contributed by atoms with van der Waals surface area (Å²) >= 11 is 0. The summed E-state index contributed by atoms with van der Waals surface area (Å²) in [4.78, 5) is 37.3. The monoisotopic (exact) mass is 630 g/mol. The number of hydrogen-bond donors (Lipinski definition) is 3. The van der Waals surface area contributed by atoms with Crippen molar-refractivity contribution in [2.45, 2.75) is 63.3 Å². The summed E-state index contributed by atoms with van der Waals surface area (Å²) < 4.78 is 35.5. The molecule has 3 aromatic carbocycles. The number of amides is 3. The SMILES string of the molecule is COc1cc(C(=O)NS(=O)(=O)c2ccccc2C)ccc1Cn1cc(CCC(N)=O)c2ccc(NC(=O)CC3CCCC3)cc21. The molecule has 5 rings (SSSR count). The van der Waals surface area contributed by atoms with Gasteiger partial charge in [0.25, 0.3) is 15.9 Å². The standard InChI is InChI=1S/C34H38N4O6S/c1-22-7-3-6-10-31(22)45(42,43)37-34(41)24-11-12-26(30(18-24)44-2)21-38-20-25(13-16-32(35)39)28-15-14-27(19-29(28)38)36-33(40)17-23-8-4-5-9-23/h3,6-7,10-12,14-15,18-20,23H,4-5,8-9,13,16-17,21H2,1-2H3,(H2,35,39)(H,36,40)(H,37,41). The first-order valence-corrected chi connectivity index (χ1v) is 16.5. The molecule has 4 aromatic rings. The van der Waals surface area contributed by atoms with Crippen molar-refractivity contribution in [1.82, 2.24) is 9.29 Å². The van der Waals surface area contributed by atoms with Gasteiger partial charge in [0.2, 0.25) is 11.8 Å². The highest BCUT2D eigenvalue weighted by atomic mass is 32.2. The fourth-order valence-electron chi connectivity index (χ4n) is 6.02. The van der Waals surface area contributed by atoms with Gasteiger partial charge >= 0.3 is 0 Å². The molecule has 45 heavy (non-hydrogen) atoms. The summed E-state index contributed by atoms with van der Waals surface area (Å²) in [6, 6.07) is 16.9. The fourth-order valence-corrected chi connectivity index (χ4v) is 7.24. The lowest BCUT2D eigenvalue weighted by atomic mass is 10.0. The molecule has 0 atom stereocenters. The zero-order valence-electron chi connectivity index (χ0n) is 25.5. The average molecular weight is 631 g/mol. The molecule has 1 fully saturated rings. The summed E-state index contributed by atoms with van der Waals surface area (Å²) in [6.45, 7) is 2.01. The van der Waals surface area contributed by atoms with Crippen molar-refractivity contribution in [3.05, 3.63) is 89.1 Å². The number of carbonyl (C=O) groups excluding carboxylic acids is 3. The number of nitrogens with one attached hydrogen (secondary N) is 2. The molecule has 0 saturated heterocycles. The Kier molecular flexibility index (Phi) is 9.57. The highest BCUT2D eigenvalue weighted by Gasteiger charge is 2.22. The van der Waals surface area contributed by atoms with E-state index in [4.69, 9.17) is 10.5 Å². The first kappa shape index (κ1) is 31.8. The van der Waals surface area contributed by atoms with E-state index >= 15 is 0 Å². The number of nitrogens with zero attached hydrogens (tertiary/aromatic N) is 1. The van der Waals surface area contributed by atoms with Crippen LogP contribution in [0.15, 0.2) is 71.8 Å². The Labute approximate surface area is 263 Å². The van der Waals surface area contributed by atoms with Gasteiger partial charge in [0.1, 0.15) is 5.75 Å². The Morgan fingerprint density at radius 2 is 1.76 bits per heavy atom. The smallest absolute Gasteiger partial charge is 0.265 e. The van der Waals surface area contributed by atoms with E-state index in [-0.39, 0.29) is 22.8 Å². The lowest BCUT2D eigenvalue weighted by Gasteiger charge is -2.14. The molecular weight excluding hydrogens is 592 g/mol. The normalized spacial score (nSPS) is 13.6. The van der Waals surface area contributed by atoms with E-state index < -0.39 is 21.8 Å². The summed E-state index contributed by atoms with van der Waals surface area (Å²) in [5.74, 6) is -0.350. The Morgan fingerprint density at radius 3 is 2.47 bits per heavy atom. The number of anilines is 1. The number of methoxy groups -OCH3 is 1. The molecule has 0 bridgehead atoms. The van der Waals surface area contributed by atoms with E-state index in [0.717, 1.165) is 34.9 Å². The molecule has 0 spiro atoms. The van der Waals surface area contributed by atoms with Crippen molar-refractivity contribution in [2.24, 2.45) is 11.7 Å². The second-order valence-electron chi connectivity index (χ2n) is 11.6. The van der Waals surface area contributed by atoms with E-state index in [1.807, 2.05) is 29.0 Å². The number of fused-ring (bicyclic) bond motifs is 1. The largest absolute Gasteiger partial charge is 0.496 e. The number of benzene rings is 3. The molecular formula is C34H38N4O6S. The third-order valence-corrected chi connectivity index (χ3v) is 9.83. The van der Waals surface area contributed by atoms with Crippen LogP contribution in [0.1, 0.15) is 65.6 Å². The molecule has 1 heterocycles. The molecule has 10 nitrogen and oxygen atoms in total. The van der Waals surface area contributed by atoms with Crippen molar-refractivity contribution in [3.8, 4) is 5.75 Å². The van der Waals surface area contributed by atoms with Gasteiger partial charge in [0.05, 0.1) is 24.1 Å². The number of rotatable bonds is 12.